The van der Waals surface area contributed by atoms with Gasteiger partial charge in [-0.2, -0.15) is 0 Å². The van der Waals surface area contributed by atoms with Gasteiger partial charge < -0.3 is 14.2 Å². The van der Waals surface area contributed by atoms with Crippen LogP contribution in [0.15, 0.2) is 18.2 Å². The van der Waals surface area contributed by atoms with Crippen LogP contribution in [0.3, 0.4) is 0 Å². The number of ether oxygens (including phenoxy) is 3. The molecule has 1 aliphatic rings. The van der Waals surface area contributed by atoms with Crippen molar-refractivity contribution >= 4 is 5.78 Å². The first kappa shape index (κ1) is 12.9. The molecule has 2 rings (SSSR count). The van der Waals surface area contributed by atoms with E-state index in [9.17, 15) is 4.79 Å². The van der Waals surface area contributed by atoms with Gasteiger partial charge in [-0.3, -0.25) is 4.79 Å². The van der Waals surface area contributed by atoms with E-state index in [-0.39, 0.29) is 24.8 Å². The molecule has 0 saturated carbocycles. The zero-order valence-corrected chi connectivity index (χ0v) is 11.0. The first-order valence-electron chi connectivity index (χ1n) is 6.08. The summed E-state index contributed by atoms with van der Waals surface area (Å²) < 4.78 is 16.0. The Labute approximate surface area is 107 Å². The molecule has 0 atom stereocenters. The van der Waals surface area contributed by atoms with Crippen LogP contribution in [0.25, 0.3) is 0 Å². The lowest BCUT2D eigenvalue weighted by molar-refractivity contribution is -0.0122. The minimum Gasteiger partial charge on any atom is -0.454 e. The highest BCUT2D eigenvalue weighted by atomic mass is 16.7. The molecule has 0 amide bonds. The molecule has 0 fully saturated rings. The molecule has 1 heterocycles. The van der Waals surface area contributed by atoms with E-state index >= 15 is 0 Å². The van der Waals surface area contributed by atoms with Crippen molar-refractivity contribution in [3.05, 3.63) is 23.8 Å². The zero-order chi connectivity index (χ0) is 13.2. The fraction of sp³-hybridized carbons (Fsp3) is 0.500. The summed E-state index contributed by atoms with van der Waals surface area (Å²) in [7, 11) is 0. The largest absolute Gasteiger partial charge is 0.454 e. The maximum absolute atomic E-state index is 12.0. The molecule has 0 bridgehead atoms. The summed E-state index contributed by atoms with van der Waals surface area (Å²) in [6.45, 7) is 6.28. The molecular weight excluding hydrogens is 232 g/mol. The third kappa shape index (κ3) is 2.82. The van der Waals surface area contributed by atoms with Crippen molar-refractivity contribution in [3.63, 3.8) is 0 Å². The molecule has 0 unspecified atom stereocenters. The highest BCUT2D eigenvalue weighted by molar-refractivity contribution is 5.97. The van der Waals surface area contributed by atoms with Gasteiger partial charge in [-0.25, -0.2) is 0 Å². The van der Waals surface area contributed by atoms with Gasteiger partial charge >= 0.3 is 0 Å². The maximum atomic E-state index is 12.0. The molecular formula is C14H18O4. The van der Waals surface area contributed by atoms with Gasteiger partial charge in [0.05, 0.1) is 5.60 Å². The van der Waals surface area contributed by atoms with Crippen LogP contribution in [0.4, 0.5) is 0 Å². The number of fused-ring (bicyclic) bond motifs is 1. The number of ketones is 1. The van der Waals surface area contributed by atoms with Crippen LogP contribution >= 0.6 is 0 Å². The number of rotatable bonds is 5. The quantitative estimate of drug-likeness (QED) is 0.754. The van der Waals surface area contributed by atoms with Gasteiger partial charge in [0.1, 0.15) is 6.61 Å². The maximum Gasteiger partial charge on any atom is 0.231 e. The third-order valence-electron chi connectivity index (χ3n) is 3.14. The molecule has 0 aliphatic carbocycles. The van der Waals surface area contributed by atoms with Crippen molar-refractivity contribution in [2.24, 2.45) is 0 Å². The average molecular weight is 250 g/mol. The lowest BCUT2D eigenvalue weighted by Crippen LogP contribution is -2.26. The Morgan fingerprint density at radius 1 is 1.33 bits per heavy atom. The topological polar surface area (TPSA) is 44.8 Å². The third-order valence-corrected chi connectivity index (χ3v) is 3.14. The molecule has 0 N–H and O–H groups in total. The molecule has 0 saturated heterocycles. The average Bonchev–Trinajstić information content (AvgIpc) is 2.83. The predicted octanol–water partition coefficient (Wildman–Crippen LogP) is 2.80. The number of hydrogen-bond donors (Lipinski definition) is 0. The Bertz CT molecular complexity index is 451. The lowest BCUT2D eigenvalue weighted by atomic mass is 10.1. The molecule has 18 heavy (non-hydrogen) atoms. The van der Waals surface area contributed by atoms with Gasteiger partial charge in [-0.15, -0.1) is 0 Å². The van der Waals surface area contributed by atoms with Gasteiger partial charge in [0.15, 0.2) is 17.3 Å². The summed E-state index contributed by atoms with van der Waals surface area (Å²) in [6.07, 6.45) is 0.863. The number of benzene rings is 1. The number of Topliss-reactive ketones (excluding diaryl/α,β-unsaturated/α-hetero) is 1. The van der Waals surface area contributed by atoms with Crippen molar-refractivity contribution in [2.75, 3.05) is 13.4 Å². The van der Waals surface area contributed by atoms with E-state index in [4.69, 9.17) is 14.2 Å². The van der Waals surface area contributed by atoms with Crippen LogP contribution in [0, 0.1) is 0 Å². The van der Waals surface area contributed by atoms with E-state index < -0.39 is 0 Å². The summed E-state index contributed by atoms with van der Waals surface area (Å²) in [4.78, 5) is 12.0. The Kier molecular flexibility index (Phi) is 3.57. The molecule has 1 aliphatic heterocycles. The van der Waals surface area contributed by atoms with Gasteiger partial charge in [0, 0.05) is 5.56 Å². The molecule has 98 valence electrons. The molecule has 1 aromatic carbocycles. The van der Waals surface area contributed by atoms with E-state index in [2.05, 4.69) is 0 Å². The Morgan fingerprint density at radius 3 is 2.78 bits per heavy atom. The zero-order valence-electron chi connectivity index (χ0n) is 11.0. The first-order chi connectivity index (χ1) is 8.52. The standard InChI is InChI=1S/C14H18O4/c1-4-14(2,3)18-8-11(15)10-5-6-12-13(7-10)17-9-16-12/h5-7H,4,8-9H2,1-3H3. The van der Waals surface area contributed by atoms with Crippen LogP contribution in [0.1, 0.15) is 37.6 Å². The van der Waals surface area contributed by atoms with Gasteiger partial charge in [-0.1, -0.05) is 6.92 Å². The molecule has 1 aromatic rings. The molecule has 4 heteroatoms. The predicted molar refractivity (Wildman–Crippen MR) is 67.2 cm³/mol. The van der Waals surface area contributed by atoms with Crippen molar-refractivity contribution in [2.45, 2.75) is 32.8 Å². The highest BCUT2D eigenvalue weighted by Gasteiger charge is 2.20. The summed E-state index contributed by atoms with van der Waals surface area (Å²) in [6, 6.07) is 5.19. The summed E-state index contributed by atoms with van der Waals surface area (Å²) in [5.41, 5.74) is 0.317. The van der Waals surface area contributed by atoms with Gasteiger partial charge in [0.25, 0.3) is 0 Å². The SMILES string of the molecule is CCC(C)(C)OCC(=O)c1ccc2c(c1)OCO2. The Morgan fingerprint density at radius 2 is 2.06 bits per heavy atom. The second kappa shape index (κ2) is 4.98. The van der Waals surface area contributed by atoms with Crippen molar-refractivity contribution < 1.29 is 19.0 Å². The molecule has 0 spiro atoms. The van der Waals surface area contributed by atoms with E-state index in [0.29, 0.717) is 17.1 Å². The summed E-state index contributed by atoms with van der Waals surface area (Å²) in [5, 5.41) is 0. The monoisotopic (exact) mass is 250 g/mol. The van der Waals surface area contributed by atoms with Crippen LogP contribution in [0.2, 0.25) is 0 Å². The van der Waals surface area contributed by atoms with Crippen LogP contribution < -0.4 is 9.47 Å². The fourth-order valence-electron chi connectivity index (χ4n) is 1.52. The number of carbonyl (C=O) groups excluding carboxylic acids is 1. The Hall–Kier alpha value is -1.55. The van der Waals surface area contributed by atoms with E-state index in [1.54, 1.807) is 18.2 Å². The Balaban J connectivity index is 2.01. The second-order valence-corrected chi connectivity index (χ2v) is 4.89. The van der Waals surface area contributed by atoms with E-state index in [1.165, 1.54) is 0 Å². The summed E-state index contributed by atoms with van der Waals surface area (Å²) >= 11 is 0. The van der Waals surface area contributed by atoms with Gasteiger partial charge in [-0.05, 0) is 38.5 Å². The van der Waals surface area contributed by atoms with Crippen molar-refractivity contribution in [3.8, 4) is 11.5 Å². The minimum atomic E-state index is -0.272. The van der Waals surface area contributed by atoms with Crippen LogP contribution in [-0.4, -0.2) is 24.8 Å². The van der Waals surface area contributed by atoms with E-state index in [0.717, 1.165) is 6.42 Å². The molecule has 4 nitrogen and oxygen atoms in total. The number of carbonyl (C=O) groups is 1. The second-order valence-electron chi connectivity index (χ2n) is 4.89. The van der Waals surface area contributed by atoms with Gasteiger partial charge in [0.2, 0.25) is 6.79 Å². The van der Waals surface area contributed by atoms with E-state index in [1.807, 2.05) is 20.8 Å². The smallest absolute Gasteiger partial charge is 0.231 e. The molecule has 0 radical (unpaired) electrons. The highest BCUT2D eigenvalue weighted by Crippen LogP contribution is 2.32. The van der Waals surface area contributed by atoms with Crippen LogP contribution in [-0.2, 0) is 4.74 Å². The first-order valence-corrected chi connectivity index (χ1v) is 6.08. The summed E-state index contributed by atoms with van der Waals surface area (Å²) in [5.74, 6) is 1.26. The minimum absolute atomic E-state index is 0.0465. The molecule has 0 aromatic heterocycles. The van der Waals surface area contributed by atoms with Crippen LogP contribution in [0.5, 0.6) is 11.5 Å². The lowest BCUT2D eigenvalue weighted by Gasteiger charge is -2.22. The van der Waals surface area contributed by atoms with Crippen molar-refractivity contribution in [1.82, 2.24) is 0 Å². The van der Waals surface area contributed by atoms with Crippen molar-refractivity contribution in [1.29, 1.82) is 0 Å². The normalized spacial score (nSPS) is 13.7. The fourth-order valence-corrected chi connectivity index (χ4v) is 1.52. The number of hydrogen-bond acceptors (Lipinski definition) is 4.